The maximum atomic E-state index is 11.9. The summed E-state index contributed by atoms with van der Waals surface area (Å²) in [6, 6.07) is 5.94. The van der Waals surface area contributed by atoms with Crippen LogP contribution in [-0.4, -0.2) is 24.6 Å². The molecule has 0 fully saturated rings. The third kappa shape index (κ3) is 6.48. The Hall–Kier alpha value is -1.07. The van der Waals surface area contributed by atoms with E-state index in [2.05, 4.69) is 35.1 Å². The van der Waals surface area contributed by atoms with Crippen LogP contribution in [0.1, 0.15) is 33.3 Å². The normalized spacial score (nSPS) is 13.9. The molecule has 2 unspecified atom stereocenters. The molecular weight excluding hydrogens is 332 g/mol. The predicted octanol–water partition coefficient (Wildman–Crippen LogP) is 2.88. The molecule has 1 amide bonds. The molecule has 5 heteroatoms. The summed E-state index contributed by atoms with van der Waals surface area (Å²) < 4.78 is 6.55. The molecule has 3 N–H and O–H groups in total. The van der Waals surface area contributed by atoms with Crippen molar-refractivity contribution in [2.45, 2.75) is 46.3 Å². The number of nitrogens with two attached hydrogens (primary N) is 1. The van der Waals surface area contributed by atoms with Gasteiger partial charge in [0.1, 0.15) is 5.75 Å². The zero-order valence-electron chi connectivity index (χ0n) is 13.2. The fourth-order valence-electron chi connectivity index (χ4n) is 1.83. The molecule has 0 aliphatic rings. The lowest BCUT2D eigenvalue weighted by molar-refractivity contribution is -0.127. The van der Waals surface area contributed by atoms with Gasteiger partial charge in [0.25, 0.3) is 5.91 Å². The molecule has 1 rings (SSSR count). The number of benzene rings is 1. The Morgan fingerprint density at radius 1 is 1.33 bits per heavy atom. The third-order valence-corrected chi connectivity index (χ3v) is 3.53. The standard InChI is InChI=1S/C16H25BrN2O2/c1-10(2)9-19-16(20)12(4)21-15-6-5-13(7-11(3)18)8-14(15)17/h5-6,8,10-12H,7,9,18H2,1-4H3,(H,19,20). The number of ether oxygens (including phenoxy) is 1. The quantitative estimate of drug-likeness (QED) is 0.789. The summed E-state index contributed by atoms with van der Waals surface area (Å²) in [5, 5.41) is 2.86. The Kier molecular flexibility index (Phi) is 7.18. The summed E-state index contributed by atoms with van der Waals surface area (Å²) in [6.07, 6.45) is 0.280. The largest absolute Gasteiger partial charge is 0.480 e. The Labute approximate surface area is 135 Å². The van der Waals surface area contributed by atoms with Crippen LogP contribution in [0.25, 0.3) is 0 Å². The van der Waals surface area contributed by atoms with Crippen LogP contribution in [0.2, 0.25) is 0 Å². The third-order valence-electron chi connectivity index (χ3n) is 2.91. The molecule has 1 aromatic carbocycles. The monoisotopic (exact) mass is 356 g/mol. The number of hydrogen-bond donors (Lipinski definition) is 2. The maximum absolute atomic E-state index is 11.9. The highest BCUT2D eigenvalue weighted by Crippen LogP contribution is 2.27. The predicted molar refractivity (Wildman–Crippen MR) is 89.4 cm³/mol. The highest BCUT2D eigenvalue weighted by molar-refractivity contribution is 9.10. The van der Waals surface area contributed by atoms with E-state index in [1.807, 2.05) is 25.1 Å². The van der Waals surface area contributed by atoms with E-state index in [1.54, 1.807) is 6.92 Å². The number of amides is 1. The second-order valence-corrected chi connectivity index (χ2v) is 6.70. The van der Waals surface area contributed by atoms with Gasteiger partial charge in [-0.25, -0.2) is 0 Å². The fraction of sp³-hybridized carbons (Fsp3) is 0.562. The molecule has 0 aliphatic carbocycles. The molecule has 0 radical (unpaired) electrons. The van der Waals surface area contributed by atoms with Crippen molar-refractivity contribution in [3.63, 3.8) is 0 Å². The van der Waals surface area contributed by atoms with Crippen molar-refractivity contribution in [3.8, 4) is 5.75 Å². The molecule has 118 valence electrons. The van der Waals surface area contributed by atoms with E-state index in [0.29, 0.717) is 18.2 Å². The van der Waals surface area contributed by atoms with Gasteiger partial charge in [-0.05, 0) is 59.8 Å². The lowest BCUT2D eigenvalue weighted by atomic mass is 10.1. The average molecular weight is 357 g/mol. The molecule has 0 bridgehead atoms. The number of halogens is 1. The van der Waals surface area contributed by atoms with Crippen LogP contribution in [0, 0.1) is 5.92 Å². The summed E-state index contributed by atoms with van der Waals surface area (Å²) in [5.41, 5.74) is 6.93. The molecule has 1 aromatic rings. The van der Waals surface area contributed by atoms with Crippen molar-refractivity contribution in [1.29, 1.82) is 0 Å². The van der Waals surface area contributed by atoms with E-state index >= 15 is 0 Å². The number of carbonyl (C=O) groups is 1. The van der Waals surface area contributed by atoms with E-state index in [1.165, 1.54) is 0 Å². The van der Waals surface area contributed by atoms with Crippen LogP contribution >= 0.6 is 15.9 Å². The van der Waals surface area contributed by atoms with E-state index in [9.17, 15) is 4.79 Å². The maximum Gasteiger partial charge on any atom is 0.260 e. The van der Waals surface area contributed by atoms with Crippen molar-refractivity contribution in [3.05, 3.63) is 28.2 Å². The van der Waals surface area contributed by atoms with Crippen molar-refractivity contribution in [1.82, 2.24) is 5.32 Å². The summed E-state index contributed by atoms with van der Waals surface area (Å²) in [4.78, 5) is 11.9. The van der Waals surface area contributed by atoms with Gasteiger partial charge in [-0.2, -0.15) is 0 Å². The number of carbonyl (C=O) groups excluding carboxylic acids is 1. The van der Waals surface area contributed by atoms with Crippen LogP contribution in [0.4, 0.5) is 0 Å². The van der Waals surface area contributed by atoms with Crippen LogP contribution in [0.15, 0.2) is 22.7 Å². The van der Waals surface area contributed by atoms with Crippen molar-refractivity contribution in [2.75, 3.05) is 6.54 Å². The Morgan fingerprint density at radius 2 is 2.00 bits per heavy atom. The minimum Gasteiger partial charge on any atom is -0.480 e. The fourth-order valence-corrected chi connectivity index (χ4v) is 2.35. The van der Waals surface area contributed by atoms with Crippen molar-refractivity contribution >= 4 is 21.8 Å². The molecule has 2 atom stereocenters. The molecule has 4 nitrogen and oxygen atoms in total. The van der Waals surface area contributed by atoms with E-state index in [0.717, 1.165) is 16.5 Å². The van der Waals surface area contributed by atoms with Gasteiger partial charge in [-0.3, -0.25) is 4.79 Å². The van der Waals surface area contributed by atoms with Gasteiger partial charge in [0, 0.05) is 12.6 Å². The molecule has 0 saturated heterocycles. The molecular formula is C16H25BrN2O2. The second-order valence-electron chi connectivity index (χ2n) is 5.85. The average Bonchev–Trinajstić information content (AvgIpc) is 2.38. The van der Waals surface area contributed by atoms with Gasteiger partial charge in [-0.15, -0.1) is 0 Å². The molecule has 0 saturated carbocycles. The van der Waals surface area contributed by atoms with Gasteiger partial charge < -0.3 is 15.8 Å². The first-order valence-corrected chi connectivity index (χ1v) is 8.07. The zero-order valence-corrected chi connectivity index (χ0v) is 14.7. The van der Waals surface area contributed by atoms with Gasteiger partial charge in [0.05, 0.1) is 4.47 Å². The van der Waals surface area contributed by atoms with E-state index in [-0.39, 0.29) is 11.9 Å². The number of hydrogen-bond acceptors (Lipinski definition) is 3. The zero-order chi connectivity index (χ0) is 16.0. The second kappa shape index (κ2) is 8.39. The molecule has 21 heavy (non-hydrogen) atoms. The van der Waals surface area contributed by atoms with Crippen LogP contribution < -0.4 is 15.8 Å². The Morgan fingerprint density at radius 3 is 2.52 bits per heavy atom. The highest BCUT2D eigenvalue weighted by Gasteiger charge is 2.16. The van der Waals surface area contributed by atoms with Crippen LogP contribution in [-0.2, 0) is 11.2 Å². The molecule has 0 spiro atoms. The minimum atomic E-state index is -0.528. The van der Waals surface area contributed by atoms with Gasteiger partial charge in [0.2, 0.25) is 0 Å². The highest BCUT2D eigenvalue weighted by atomic mass is 79.9. The summed E-state index contributed by atoms with van der Waals surface area (Å²) >= 11 is 3.48. The summed E-state index contributed by atoms with van der Waals surface area (Å²) in [7, 11) is 0. The number of rotatable bonds is 7. The Balaban J connectivity index is 2.63. The van der Waals surface area contributed by atoms with Gasteiger partial charge >= 0.3 is 0 Å². The SMILES string of the molecule is CC(C)CNC(=O)C(C)Oc1ccc(CC(C)N)cc1Br. The van der Waals surface area contributed by atoms with Crippen LogP contribution in [0.5, 0.6) is 5.75 Å². The van der Waals surface area contributed by atoms with Gasteiger partial charge in [0.15, 0.2) is 6.10 Å². The van der Waals surface area contributed by atoms with Crippen molar-refractivity contribution in [2.24, 2.45) is 11.7 Å². The summed E-state index contributed by atoms with van der Waals surface area (Å²) in [6.45, 7) is 8.48. The van der Waals surface area contributed by atoms with E-state index < -0.39 is 6.10 Å². The molecule has 0 heterocycles. The summed E-state index contributed by atoms with van der Waals surface area (Å²) in [5.74, 6) is 0.983. The van der Waals surface area contributed by atoms with Crippen LogP contribution in [0.3, 0.4) is 0 Å². The lowest BCUT2D eigenvalue weighted by Gasteiger charge is -2.17. The van der Waals surface area contributed by atoms with Crippen molar-refractivity contribution < 1.29 is 9.53 Å². The van der Waals surface area contributed by atoms with E-state index in [4.69, 9.17) is 10.5 Å². The smallest absolute Gasteiger partial charge is 0.260 e. The van der Waals surface area contributed by atoms with Gasteiger partial charge in [-0.1, -0.05) is 19.9 Å². The molecule has 0 aliphatic heterocycles. The lowest BCUT2D eigenvalue weighted by Crippen LogP contribution is -2.38. The minimum absolute atomic E-state index is 0.102. The topological polar surface area (TPSA) is 64.3 Å². The molecule has 0 aromatic heterocycles. The Bertz CT molecular complexity index is 475. The first kappa shape index (κ1) is 18.0. The first-order chi connectivity index (χ1) is 9.79. The first-order valence-electron chi connectivity index (χ1n) is 7.28. The number of nitrogens with one attached hydrogen (secondary N) is 1.